The van der Waals surface area contributed by atoms with Crippen LogP contribution >= 0.6 is 22.6 Å². The first-order valence-corrected chi connectivity index (χ1v) is 6.72. The van der Waals surface area contributed by atoms with Crippen LogP contribution in [0.2, 0.25) is 0 Å². The zero-order valence-corrected chi connectivity index (χ0v) is 12.4. The van der Waals surface area contributed by atoms with Crippen LogP contribution < -0.4 is 5.32 Å². The number of rotatable bonds is 2. The molecule has 2 aromatic rings. The number of anilines is 2. The van der Waals surface area contributed by atoms with E-state index in [0.29, 0.717) is 0 Å². The van der Waals surface area contributed by atoms with Gasteiger partial charge in [0.25, 0.3) is 0 Å². The van der Waals surface area contributed by atoms with E-state index in [1.165, 1.54) is 9.13 Å². The van der Waals surface area contributed by atoms with E-state index in [4.69, 9.17) is 5.26 Å². The monoisotopic (exact) mass is 348 g/mol. The highest BCUT2D eigenvalue weighted by Crippen LogP contribution is 2.25. The molecule has 90 valence electrons. The summed E-state index contributed by atoms with van der Waals surface area (Å²) < 4.78 is 1.24. The maximum Gasteiger partial charge on any atom is 0.0994 e. The molecule has 2 rings (SSSR count). The Morgan fingerprint density at radius 3 is 2.61 bits per heavy atom. The summed E-state index contributed by atoms with van der Waals surface area (Å²) >= 11 is 2.33. The van der Waals surface area contributed by atoms with Gasteiger partial charge in [0.2, 0.25) is 0 Å². The van der Waals surface area contributed by atoms with E-state index in [1.54, 1.807) is 0 Å². The lowest BCUT2D eigenvalue weighted by molar-refractivity contribution is 1.36. The average Bonchev–Trinajstić information content (AvgIpc) is 2.35. The van der Waals surface area contributed by atoms with Gasteiger partial charge in [-0.25, -0.2) is 0 Å². The maximum atomic E-state index is 8.91. The number of nitriles is 1. The largest absolute Gasteiger partial charge is 0.355 e. The van der Waals surface area contributed by atoms with Gasteiger partial charge in [-0.05, 0) is 77.9 Å². The third-order valence-corrected chi connectivity index (χ3v) is 4.06. The number of hydrogen-bond acceptors (Lipinski definition) is 2. The van der Waals surface area contributed by atoms with E-state index in [0.717, 1.165) is 22.5 Å². The normalized spacial score (nSPS) is 9.89. The second-order valence-corrected chi connectivity index (χ2v) is 5.34. The molecule has 3 heteroatoms. The molecular weight excluding hydrogens is 335 g/mol. The molecule has 0 radical (unpaired) electrons. The molecule has 0 spiro atoms. The van der Waals surface area contributed by atoms with Gasteiger partial charge in [0.1, 0.15) is 0 Å². The predicted molar refractivity (Wildman–Crippen MR) is 83.1 cm³/mol. The molecule has 1 N–H and O–H groups in total. The Morgan fingerprint density at radius 1 is 1.17 bits per heavy atom. The molecule has 0 fully saturated rings. The molecule has 0 aromatic heterocycles. The van der Waals surface area contributed by atoms with Crippen LogP contribution in [-0.2, 0) is 0 Å². The zero-order valence-electron chi connectivity index (χ0n) is 10.3. The van der Waals surface area contributed by atoms with Crippen molar-refractivity contribution in [3.8, 4) is 6.07 Å². The highest BCUT2D eigenvalue weighted by atomic mass is 127. The van der Waals surface area contributed by atoms with Crippen molar-refractivity contribution in [3.05, 3.63) is 56.7 Å². The fourth-order valence-corrected chi connectivity index (χ4v) is 2.26. The minimum atomic E-state index is 0.722. The Balaban J connectivity index is 2.32. The molecule has 18 heavy (non-hydrogen) atoms. The number of aryl methyl sites for hydroxylation is 1. The van der Waals surface area contributed by atoms with Gasteiger partial charge in [-0.2, -0.15) is 5.26 Å². The smallest absolute Gasteiger partial charge is 0.0994 e. The van der Waals surface area contributed by atoms with Crippen molar-refractivity contribution < 1.29 is 0 Å². The Kier molecular flexibility index (Phi) is 3.87. The van der Waals surface area contributed by atoms with Gasteiger partial charge in [0, 0.05) is 14.9 Å². The van der Waals surface area contributed by atoms with Crippen molar-refractivity contribution in [2.45, 2.75) is 13.8 Å². The molecule has 0 aliphatic heterocycles. The summed E-state index contributed by atoms with van der Waals surface area (Å²) in [6, 6.07) is 14.1. The first-order chi connectivity index (χ1) is 8.61. The third kappa shape index (κ3) is 2.65. The maximum absolute atomic E-state index is 8.91. The standard InChI is InChI=1S/C15H13IN2/c1-10-8-13(7-6-12(10)9-17)18-15-5-3-4-14(16)11(15)2/h3-8,18H,1-2H3. The summed E-state index contributed by atoms with van der Waals surface area (Å²) in [5.74, 6) is 0. The number of nitrogens with one attached hydrogen (secondary N) is 1. The van der Waals surface area contributed by atoms with Crippen molar-refractivity contribution >= 4 is 34.0 Å². The van der Waals surface area contributed by atoms with Gasteiger partial charge in [0.15, 0.2) is 0 Å². The number of hydrogen-bond donors (Lipinski definition) is 1. The van der Waals surface area contributed by atoms with Crippen LogP contribution in [0, 0.1) is 28.7 Å². The summed E-state index contributed by atoms with van der Waals surface area (Å²) in [5.41, 5.74) is 5.06. The number of halogens is 1. The van der Waals surface area contributed by atoms with E-state index in [1.807, 2.05) is 31.2 Å². The summed E-state index contributed by atoms with van der Waals surface area (Å²) in [5, 5.41) is 12.3. The Bertz CT molecular complexity index is 627. The van der Waals surface area contributed by atoms with E-state index in [2.05, 4.69) is 53.0 Å². The van der Waals surface area contributed by atoms with Crippen molar-refractivity contribution in [1.29, 1.82) is 5.26 Å². The van der Waals surface area contributed by atoms with Crippen molar-refractivity contribution in [3.63, 3.8) is 0 Å². The molecule has 0 aliphatic carbocycles. The molecule has 2 aromatic carbocycles. The summed E-state index contributed by atoms with van der Waals surface area (Å²) in [6.07, 6.45) is 0. The van der Waals surface area contributed by atoms with E-state index in [9.17, 15) is 0 Å². The molecule has 2 nitrogen and oxygen atoms in total. The molecular formula is C15H13IN2. The van der Waals surface area contributed by atoms with Crippen LogP contribution in [0.1, 0.15) is 16.7 Å². The molecule has 0 amide bonds. The predicted octanol–water partition coefficient (Wildman–Crippen LogP) is 4.52. The molecule has 0 saturated heterocycles. The number of benzene rings is 2. The van der Waals surface area contributed by atoms with E-state index < -0.39 is 0 Å². The summed E-state index contributed by atoms with van der Waals surface area (Å²) in [6.45, 7) is 4.05. The lowest BCUT2D eigenvalue weighted by Gasteiger charge is -2.11. The minimum absolute atomic E-state index is 0.722. The quantitative estimate of drug-likeness (QED) is 0.810. The molecule has 0 aliphatic rings. The van der Waals surface area contributed by atoms with Crippen LogP contribution in [0.25, 0.3) is 0 Å². The van der Waals surface area contributed by atoms with Gasteiger partial charge in [0.05, 0.1) is 11.6 Å². The zero-order chi connectivity index (χ0) is 13.1. The SMILES string of the molecule is Cc1cc(Nc2cccc(I)c2C)ccc1C#N. The highest BCUT2D eigenvalue weighted by Gasteiger charge is 2.03. The first-order valence-electron chi connectivity index (χ1n) is 5.64. The lowest BCUT2D eigenvalue weighted by Crippen LogP contribution is -1.95. The topological polar surface area (TPSA) is 35.8 Å². The van der Waals surface area contributed by atoms with Gasteiger partial charge >= 0.3 is 0 Å². The van der Waals surface area contributed by atoms with Gasteiger partial charge < -0.3 is 5.32 Å². The molecule has 0 saturated carbocycles. The van der Waals surface area contributed by atoms with Crippen LogP contribution in [0.3, 0.4) is 0 Å². The third-order valence-electron chi connectivity index (χ3n) is 2.89. The Morgan fingerprint density at radius 2 is 1.94 bits per heavy atom. The molecule has 0 atom stereocenters. The second kappa shape index (κ2) is 5.40. The molecule has 0 bridgehead atoms. The van der Waals surface area contributed by atoms with Crippen molar-refractivity contribution in [2.75, 3.05) is 5.32 Å². The van der Waals surface area contributed by atoms with Crippen molar-refractivity contribution in [1.82, 2.24) is 0 Å². The molecule has 0 unspecified atom stereocenters. The number of nitrogens with zero attached hydrogens (tertiary/aromatic N) is 1. The first kappa shape index (κ1) is 12.9. The average molecular weight is 348 g/mol. The van der Waals surface area contributed by atoms with Crippen LogP contribution in [0.4, 0.5) is 11.4 Å². The van der Waals surface area contributed by atoms with E-state index in [-0.39, 0.29) is 0 Å². The Labute approximate surface area is 121 Å². The van der Waals surface area contributed by atoms with Gasteiger partial charge in [-0.1, -0.05) is 6.07 Å². The van der Waals surface area contributed by atoms with Gasteiger partial charge in [-0.15, -0.1) is 0 Å². The fraction of sp³-hybridized carbons (Fsp3) is 0.133. The minimum Gasteiger partial charge on any atom is -0.355 e. The van der Waals surface area contributed by atoms with Crippen molar-refractivity contribution in [2.24, 2.45) is 0 Å². The second-order valence-electron chi connectivity index (χ2n) is 4.18. The van der Waals surface area contributed by atoms with E-state index >= 15 is 0 Å². The highest BCUT2D eigenvalue weighted by molar-refractivity contribution is 14.1. The fourth-order valence-electron chi connectivity index (χ4n) is 1.77. The Hall–Kier alpha value is -1.54. The summed E-state index contributed by atoms with van der Waals surface area (Å²) in [7, 11) is 0. The van der Waals surface area contributed by atoms with Crippen LogP contribution in [-0.4, -0.2) is 0 Å². The summed E-state index contributed by atoms with van der Waals surface area (Å²) in [4.78, 5) is 0. The molecule has 0 heterocycles. The van der Waals surface area contributed by atoms with Crippen LogP contribution in [0.5, 0.6) is 0 Å². The van der Waals surface area contributed by atoms with Gasteiger partial charge in [-0.3, -0.25) is 0 Å². The lowest BCUT2D eigenvalue weighted by atomic mass is 10.1. The van der Waals surface area contributed by atoms with Crippen LogP contribution in [0.15, 0.2) is 36.4 Å².